The second-order valence-corrected chi connectivity index (χ2v) is 8.22. The Hall–Kier alpha value is -1.98. The molecule has 0 aromatic heterocycles. The summed E-state index contributed by atoms with van der Waals surface area (Å²) in [4.78, 5) is 15.6. The number of nitrogens with zero attached hydrogens (tertiary/aromatic N) is 1. The number of aliphatic hydroxyl groups excluding tert-OH is 1. The smallest absolute Gasteiger partial charge is 0.232 e. The average molecular weight is 386 g/mol. The number of benzene rings is 2. The van der Waals surface area contributed by atoms with Gasteiger partial charge >= 0.3 is 0 Å². The summed E-state index contributed by atoms with van der Waals surface area (Å²) in [5, 5.41) is 10.1. The number of ether oxygens (including phenoxy) is 1. The fourth-order valence-corrected chi connectivity index (χ4v) is 4.41. The van der Waals surface area contributed by atoms with E-state index in [-0.39, 0.29) is 17.9 Å². The first-order chi connectivity index (χ1) is 13.1. The van der Waals surface area contributed by atoms with Crippen LogP contribution >= 0.6 is 11.8 Å². The van der Waals surface area contributed by atoms with Crippen LogP contribution in [0.4, 0.5) is 0 Å². The maximum atomic E-state index is 12.5. The topological polar surface area (TPSA) is 49.8 Å². The molecule has 1 saturated heterocycles. The summed E-state index contributed by atoms with van der Waals surface area (Å²) in [6.45, 7) is 1.56. The Morgan fingerprint density at radius 3 is 2.56 bits per heavy atom. The number of aliphatic hydroxyl groups is 1. The Morgan fingerprint density at radius 1 is 1.15 bits per heavy atom. The lowest BCUT2D eigenvalue weighted by Crippen LogP contribution is -2.46. The lowest BCUT2D eigenvalue weighted by atomic mass is 9.74. The van der Waals surface area contributed by atoms with Crippen molar-refractivity contribution in [3.05, 3.63) is 60.2 Å². The quantitative estimate of drug-likeness (QED) is 0.740. The molecule has 2 aromatic carbocycles. The van der Waals surface area contributed by atoms with E-state index in [0.29, 0.717) is 18.8 Å². The number of likely N-dealkylation sites (tertiary alicyclic amines) is 1. The van der Waals surface area contributed by atoms with E-state index in [9.17, 15) is 9.90 Å². The minimum absolute atomic E-state index is 0.144. The van der Waals surface area contributed by atoms with Gasteiger partial charge in [0.2, 0.25) is 5.91 Å². The van der Waals surface area contributed by atoms with Gasteiger partial charge in [-0.1, -0.05) is 30.3 Å². The van der Waals surface area contributed by atoms with Gasteiger partial charge in [0.25, 0.3) is 0 Å². The summed E-state index contributed by atoms with van der Waals surface area (Å²) in [5.74, 6) is 1.48. The maximum Gasteiger partial charge on any atom is 0.232 e. The number of carbonyl (C=O) groups is 1. The molecule has 0 atom stereocenters. The van der Waals surface area contributed by atoms with Crippen LogP contribution in [-0.4, -0.2) is 48.5 Å². The molecule has 2 aromatic rings. The zero-order valence-electron chi connectivity index (χ0n) is 15.8. The molecule has 0 bridgehead atoms. The lowest BCUT2D eigenvalue weighted by molar-refractivity contribution is -0.131. The number of piperidine rings is 1. The van der Waals surface area contributed by atoms with Gasteiger partial charge in [-0.15, -0.1) is 11.8 Å². The normalized spacial score (nSPS) is 16.1. The number of hydrogen-bond acceptors (Lipinski definition) is 4. The Balaban J connectivity index is 1.54. The summed E-state index contributed by atoms with van der Waals surface area (Å²) in [6, 6.07) is 18.0. The van der Waals surface area contributed by atoms with Crippen LogP contribution in [0.1, 0.15) is 18.4 Å². The first-order valence-electron chi connectivity index (χ1n) is 9.33. The fourth-order valence-electron chi connectivity index (χ4n) is 3.59. The predicted octanol–water partition coefficient (Wildman–Crippen LogP) is 3.63. The van der Waals surface area contributed by atoms with Crippen molar-refractivity contribution in [1.29, 1.82) is 0 Å². The van der Waals surface area contributed by atoms with Crippen molar-refractivity contribution in [2.24, 2.45) is 5.41 Å². The highest BCUT2D eigenvalue weighted by molar-refractivity contribution is 8.00. The van der Waals surface area contributed by atoms with E-state index in [0.717, 1.165) is 29.9 Å². The molecule has 0 saturated carbocycles. The van der Waals surface area contributed by atoms with Crippen molar-refractivity contribution >= 4 is 17.7 Å². The van der Waals surface area contributed by atoms with Crippen molar-refractivity contribution in [2.45, 2.75) is 24.2 Å². The van der Waals surface area contributed by atoms with Crippen LogP contribution in [0.2, 0.25) is 0 Å². The zero-order chi connectivity index (χ0) is 19.1. The first-order valence-corrected chi connectivity index (χ1v) is 10.3. The molecular weight excluding hydrogens is 358 g/mol. The summed E-state index contributed by atoms with van der Waals surface area (Å²) >= 11 is 1.58. The maximum absolute atomic E-state index is 12.5. The van der Waals surface area contributed by atoms with Crippen molar-refractivity contribution in [1.82, 2.24) is 4.90 Å². The highest BCUT2D eigenvalue weighted by Gasteiger charge is 2.35. The predicted molar refractivity (Wildman–Crippen MR) is 109 cm³/mol. The second kappa shape index (κ2) is 9.29. The Labute approximate surface area is 165 Å². The number of rotatable bonds is 7. The molecule has 0 radical (unpaired) electrons. The fraction of sp³-hybridized carbons (Fsp3) is 0.409. The largest absolute Gasteiger partial charge is 0.497 e. The van der Waals surface area contributed by atoms with Gasteiger partial charge < -0.3 is 14.7 Å². The number of thioether (sulfide) groups is 1. The van der Waals surface area contributed by atoms with E-state index in [1.807, 2.05) is 53.4 Å². The van der Waals surface area contributed by atoms with Crippen LogP contribution in [0.3, 0.4) is 0 Å². The van der Waals surface area contributed by atoms with Crippen LogP contribution in [0.15, 0.2) is 59.5 Å². The molecule has 4 nitrogen and oxygen atoms in total. The molecule has 0 spiro atoms. The summed E-state index contributed by atoms with van der Waals surface area (Å²) in [5.41, 5.74) is 1.01. The number of methoxy groups -OCH3 is 1. The van der Waals surface area contributed by atoms with Crippen LogP contribution in [0.5, 0.6) is 5.75 Å². The third-order valence-corrected chi connectivity index (χ3v) is 6.33. The van der Waals surface area contributed by atoms with Crippen LogP contribution in [0.25, 0.3) is 0 Å². The van der Waals surface area contributed by atoms with Gasteiger partial charge in [0.05, 0.1) is 12.9 Å². The SMILES string of the molecule is COc1cccc(CC2(CO)CCN(C(=O)CSc3ccccc3)CC2)c1. The van der Waals surface area contributed by atoms with Crippen LogP contribution in [-0.2, 0) is 11.2 Å². The Bertz CT molecular complexity index is 742. The molecular formula is C22H27NO3S. The molecule has 1 aliphatic rings. The van der Waals surface area contributed by atoms with E-state index in [1.165, 1.54) is 5.56 Å². The molecule has 0 aliphatic carbocycles. The van der Waals surface area contributed by atoms with E-state index in [4.69, 9.17) is 4.74 Å². The van der Waals surface area contributed by atoms with Crippen molar-refractivity contribution in [3.8, 4) is 5.75 Å². The third-order valence-electron chi connectivity index (χ3n) is 5.33. The van der Waals surface area contributed by atoms with Gasteiger partial charge in [-0.05, 0) is 49.1 Å². The number of amides is 1. The van der Waals surface area contributed by atoms with E-state index >= 15 is 0 Å². The third kappa shape index (κ3) is 5.27. The van der Waals surface area contributed by atoms with Crippen molar-refractivity contribution in [3.63, 3.8) is 0 Å². The van der Waals surface area contributed by atoms with Gasteiger partial charge in [0.1, 0.15) is 5.75 Å². The van der Waals surface area contributed by atoms with Gasteiger partial charge in [-0.3, -0.25) is 4.79 Å². The molecule has 0 unspecified atom stereocenters. The molecule has 1 amide bonds. The van der Waals surface area contributed by atoms with Crippen molar-refractivity contribution < 1.29 is 14.6 Å². The summed E-state index contributed by atoms with van der Waals surface area (Å²) in [7, 11) is 1.67. The van der Waals surface area contributed by atoms with Crippen molar-refractivity contribution in [2.75, 3.05) is 32.6 Å². The standard InChI is InChI=1S/C22H27NO3S/c1-26-19-7-5-6-18(14-19)15-22(17-24)10-12-23(13-11-22)21(25)16-27-20-8-3-2-4-9-20/h2-9,14,24H,10-13,15-17H2,1H3. The molecule has 1 heterocycles. The average Bonchev–Trinajstić information content (AvgIpc) is 2.73. The number of hydrogen-bond donors (Lipinski definition) is 1. The summed E-state index contributed by atoms with van der Waals surface area (Å²) in [6.07, 6.45) is 2.45. The van der Waals surface area contributed by atoms with Gasteiger partial charge in [-0.25, -0.2) is 0 Å². The van der Waals surface area contributed by atoms with Crippen LogP contribution in [0, 0.1) is 5.41 Å². The monoisotopic (exact) mass is 385 g/mol. The highest BCUT2D eigenvalue weighted by Crippen LogP contribution is 2.35. The van der Waals surface area contributed by atoms with Gasteiger partial charge in [0.15, 0.2) is 0 Å². The van der Waals surface area contributed by atoms with E-state index in [2.05, 4.69) is 6.07 Å². The molecule has 5 heteroatoms. The van der Waals surface area contributed by atoms with E-state index in [1.54, 1.807) is 18.9 Å². The molecule has 27 heavy (non-hydrogen) atoms. The minimum Gasteiger partial charge on any atom is -0.497 e. The lowest BCUT2D eigenvalue weighted by Gasteiger charge is -2.41. The molecule has 144 valence electrons. The van der Waals surface area contributed by atoms with Crippen LogP contribution < -0.4 is 4.74 Å². The molecule has 3 rings (SSSR count). The molecule has 1 fully saturated rings. The molecule has 1 N–H and O–H groups in total. The highest BCUT2D eigenvalue weighted by atomic mass is 32.2. The van der Waals surface area contributed by atoms with Gasteiger partial charge in [0, 0.05) is 30.0 Å². The van der Waals surface area contributed by atoms with E-state index < -0.39 is 0 Å². The first kappa shape index (κ1) is 19.8. The Morgan fingerprint density at radius 2 is 1.89 bits per heavy atom. The van der Waals surface area contributed by atoms with Gasteiger partial charge in [-0.2, -0.15) is 0 Å². The Kier molecular flexibility index (Phi) is 6.80. The minimum atomic E-state index is -0.157. The second-order valence-electron chi connectivity index (χ2n) is 7.17. The zero-order valence-corrected chi connectivity index (χ0v) is 16.6. The summed E-state index contributed by atoms with van der Waals surface area (Å²) < 4.78 is 5.30. The molecule has 1 aliphatic heterocycles. The number of carbonyl (C=O) groups excluding carboxylic acids is 1.